The molecular formula is C14H8Br2F2O. The molecule has 0 heterocycles. The topological polar surface area (TPSA) is 17.1 Å². The van der Waals surface area contributed by atoms with Gasteiger partial charge in [-0.15, -0.1) is 0 Å². The van der Waals surface area contributed by atoms with Crippen molar-refractivity contribution in [1.82, 2.24) is 0 Å². The summed E-state index contributed by atoms with van der Waals surface area (Å²) in [4.78, 5) is 12.1. The molecular weight excluding hydrogens is 382 g/mol. The van der Waals surface area contributed by atoms with Gasteiger partial charge < -0.3 is 0 Å². The minimum atomic E-state index is -0.513. The SMILES string of the molecule is O=C(Cc1cc(Br)ccc1F)c1cccc(F)c1Br. The lowest BCUT2D eigenvalue weighted by Crippen LogP contribution is -2.07. The van der Waals surface area contributed by atoms with Gasteiger partial charge in [0.15, 0.2) is 5.78 Å². The molecule has 0 N–H and O–H groups in total. The van der Waals surface area contributed by atoms with Crippen LogP contribution in [0.15, 0.2) is 45.3 Å². The molecule has 1 nitrogen and oxygen atoms in total. The molecule has 98 valence electrons. The first-order valence-corrected chi connectivity index (χ1v) is 6.99. The Bertz CT molecular complexity index is 641. The Morgan fingerprint density at radius 2 is 1.79 bits per heavy atom. The Labute approximate surface area is 125 Å². The molecule has 0 unspecified atom stereocenters. The highest BCUT2D eigenvalue weighted by molar-refractivity contribution is 9.10. The quantitative estimate of drug-likeness (QED) is 0.681. The second kappa shape index (κ2) is 5.92. The lowest BCUT2D eigenvalue weighted by molar-refractivity contribution is 0.0990. The van der Waals surface area contributed by atoms with E-state index in [4.69, 9.17) is 0 Å². The van der Waals surface area contributed by atoms with Crippen LogP contribution in [0.2, 0.25) is 0 Å². The summed E-state index contributed by atoms with van der Waals surface area (Å²) in [5.74, 6) is -1.31. The van der Waals surface area contributed by atoms with E-state index < -0.39 is 11.6 Å². The maximum atomic E-state index is 13.6. The van der Waals surface area contributed by atoms with E-state index >= 15 is 0 Å². The van der Waals surface area contributed by atoms with Crippen LogP contribution in [0.3, 0.4) is 0 Å². The van der Waals surface area contributed by atoms with E-state index in [1.165, 1.54) is 24.3 Å². The summed E-state index contributed by atoms with van der Waals surface area (Å²) >= 11 is 6.25. The second-order valence-electron chi connectivity index (χ2n) is 3.94. The highest BCUT2D eigenvalue weighted by Gasteiger charge is 2.15. The highest BCUT2D eigenvalue weighted by atomic mass is 79.9. The lowest BCUT2D eigenvalue weighted by Gasteiger charge is -2.06. The fourth-order valence-electron chi connectivity index (χ4n) is 1.67. The molecule has 19 heavy (non-hydrogen) atoms. The van der Waals surface area contributed by atoms with E-state index in [0.29, 0.717) is 4.47 Å². The van der Waals surface area contributed by atoms with E-state index in [0.717, 1.165) is 0 Å². The zero-order chi connectivity index (χ0) is 14.0. The van der Waals surface area contributed by atoms with E-state index in [9.17, 15) is 13.6 Å². The normalized spacial score (nSPS) is 10.5. The van der Waals surface area contributed by atoms with Crippen LogP contribution in [0.25, 0.3) is 0 Å². The summed E-state index contributed by atoms with van der Waals surface area (Å²) in [6.07, 6.45) is -0.118. The monoisotopic (exact) mass is 388 g/mol. The fraction of sp³-hybridized carbons (Fsp3) is 0.0714. The van der Waals surface area contributed by atoms with Gasteiger partial charge in [-0.25, -0.2) is 8.78 Å². The van der Waals surface area contributed by atoms with Gasteiger partial charge in [0.05, 0.1) is 4.47 Å². The van der Waals surface area contributed by atoms with Crippen LogP contribution in [0.1, 0.15) is 15.9 Å². The number of hydrogen-bond acceptors (Lipinski definition) is 1. The van der Waals surface area contributed by atoms with Crippen LogP contribution >= 0.6 is 31.9 Å². The number of carbonyl (C=O) groups is 1. The van der Waals surface area contributed by atoms with Crippen molar-refractivity contribution in [2.75, 3.05) is 0 Å². The van der Waals surface area contributed by atoms with Gasteiger partial charge in [0.25, 0.3) is 0 Å². The summed E-state index contributed by atoms with van der Waals surface area (Å²) in [6.45, 7) is 0. The van der Waals surface area contributed by atoms with Crippen molar-refractivity contribution in [3.63, 3.8) is 0 Å². The van der Waals surface area contributed by atoms with Crippen molar-refractivity contribution < 1.29 is 13.6 Å². The number of rotatable bonds is 3. The Hall–Kier alpha value is -1.07. The molecule has 5 heteroatoms. The van der Waals surface area contributed by atoms with Crippen LogP contribution < -0.4 is 0 Å². The van der Waals surface area contributed by atoms with E-state index in [1.807, 2.05) is 0 Å². The number of hydrogen-bond donors (Lipinski definition) is 0. The molecule has 2 aromatic rings. The summed E-state index contributed by atoms with van der Waals surface area (Å²) < 4.78 is 27.7. The van der Waals surface area contributed by atoms with Crippen molar-refractivity contribution in [2.45, 2.75) is 6.42 Å². The van der Waals surface area contributed by atoms with Gasteiger partial charge in [-0.05, 0) is 45.8 Å². The predicted molar refractivity (Wildman–Crippen MR) is 76.2 cm³/mol. The Morgan fingerprint density at radius 1 is 1.05 bits per heavy atom. The van der Waals surface area contributed by atoms with Crippen LogP contribution in [-0.4, -0.2) is 5.78 Å². The van der Waals surface area contributed by atoms with Crippen LogP contribution in [0, 0.1) is 11.6 Å². The minimum absolute atomic E-state index is 0.107. The van der Waals surface area contributed by atoms with Gasteiger partial charge in [-0.3, -0.25) is 4.79 Å². The Kier molecular flexibility index (Phi) is 4.47. The molecule has 0 aliphatic rings. The molecule has 2 rings (SSSR count). The van der Waals surface area contributed by atoms with E-state index in [-0.39, 0.29) is 27.8 Å². The van der Waals surface area contributed by atoms with Gasteiger partial charge in [0.2, 0.25) is 0 Å². The fourth-order valence-corrected chi connectivity index (χ4v) is 2.56. The zero-order valence-electron chi connectivity index (χ0n) is 9.59. The average Bonchev–Trinajstić information content (AvgIpc) is 2.37. The first-order valence-electron chi connectivity index (χ1n) is 5.40. The summed E-state index contributed by atoms with van der Waals surface area (Å²) in [5, 5.41) is 0. The van der Waals surface area contributed by atoms with Crippen molar-refractivity contribution >= 4 is 37.6 Å². The molecule has 0 aromatic heterocycles. The molecule has 0 aliphatic heterocycles. The molecule has 0 radical (unpaired) electrons. The number of benzene rings is 2. The van der Waals surface area contributed by atoms with E-state index in [1.54, 1.807) is 12.1 Å². The third kappa shape index (κ3) is 3.28. The highest BCUT2D eigenvalue weighted by Crippen LogP contribution is 2.23. The summed E-state index contributed by atoms with van der Waals surface area (Å²) in [6, 6.07) is 8.59. The van der Waals surface area contributed by atoms with Crippen LogP contribution in [0.5, 0.6) is 0 Å². The summed E-state index contributed by atoms with van der Waals surface area (Å²) in [5.41, 5.74) is 0.481. The Morgan fingerprint density at radius 3 is 2.53 bits per heavy atom. The second-order valence-corrected chi connectivity index (χ2v) is 5.65. The maximum Gasteiger partial charge on any atom is 0.168 e. The largest absolute Gasteiger partial charge is 0.294 e. The van der Waals surface area contributed by atoms with Crippen molar-refractivity contribution in [2.24, 2.45) is 0 Å². The van der Waals surface area contributed by atoms with E-state index in [2.05, 4.69) is 31.9 Å². The molecule has 0 amide bonds. The van der Waals surface area contributed by atoms with Gasteiger partial charge in [0.1, 0.15) is 11.6 Å². The number of Topliss-reactive ketones (excluding diaryl/α,β-unsaturated/α-hetero) is 1. The van der Waals surface area contributed by atoms with Gasteiger partial charge in [0, 0.05) is 16.5 Å². The molecule has 0 bridgehead atoms. The summed E-state index contributed by atoms with van der Waals surface area (Å²) in [7, 11) is 0. The van der Waals surface area contributed by atoms with Crippen molar-refractivity contribution in [1.29, 1.82) is 0 Å². The van der Waals surface area contributed by atoms with Crippen molar-refractivity contribution in [3.8, 4) is 0 Å². The number of halogens is 4. The number of ketones is 1. The zero-order valence-corrected chi connectivity index (χ0v) is 12.8. The molecule has 0 saturated heterocycles. The average molecular weight is 390 g/mol. The third-order valence-corrected chi connectivity index (χ3v) is 3.91. The molecule has 0 spiro atoms. The Balaban J connectivity index is 2.31. The molecule has 0 saturated carbocycles. The number of carbonyl (C=O) groups excluding carboxylic acids is 1. The van der Waals surface area contributed by atoms with Crippen LogP contribution in [-0.2, 0) is 6.42 Å². The van der Waals surface area contributed by atoms with Crippen molar-refractivity contribution in [3.05, 3.63) is 68.1 Å². The first kappa shape index (κ1) is 14.3. The lowest BCUT2D eigenvalue weighted by atomic mass is 10.0. The third-order valence-electron chi connectivity index (χ3n) is 2.61. The molecule has 0 fully saturated rings. The van der Waals surface area contributed by atoms with Crippen LogP contribution in [0.4, 0.5) is 8.78 Å². The smallest absolute Gasteiger partial charge is 0.168 e. The minimum Gasteiger partial charge on any atom is -0.294 e. The van der Waals surface area contributed by atoms with Gasteiger partial charge in [-0.1, -0.05) is 28.1 Å². The molecule has 2 aromatic carbocycles. The standard InChI is InChI=1S/C14H8Br2F2O/c15-9-4-5-11(17)8(6-9)7-13(19)10-2-1-3-12(18)14(10)16/h1-6H,7H2. The first-order chi connectivity index (χ1) is 8.99. The predicted octanol–water partition coefficient (Wildman–Crippen LogP) is 4.92. The molecule has 0 aliphatic carbocycles. The maximum absolute atomic E-state index is 13.6. The van der Waals surface area contributed by atoms with Gasteiger partial charge in [-0.2, -0.15) is 0 Å². The van der Waals surface area contributed by atoms with Gasteiger partial charge >= 0.3 is 0 Å². The molecule has 0 atom stereocenters.